The van der Waals surface area contributed by atoms with Crippen molar-refractivity contribution in [1.29, 1.82) is 0 Å². The molecule has 2 atom stereocenters. The molecule has 1 aliphatic rings. The number of amides is 1. The lowest BCUT2D eigenvalue weighted by molar-refractivity contribution is -0.385. The topological polar surface area (TPSA) is 203 Å². The van der Waals surface area contributed by atoms with Crippen LogP contribution < -0.4 is 0 Å². The van der Waals surface area contributed by atoms with Crippen LogP contribution in [-0.4, -0.2) is 63.8 Å². The van der Waals surface area contributed by atoms with Gasteiger partial charge in [-0.1, -0.05) is 0 Å². The van der Waals surface area contributed by atoms with Crippen molar-refractivity contribution in [2.75, 3.05) is 12.8 Å². The second kappa shape index (κ2) is 12.1. The number of benzene rings is 2. The summed E-state index contributed by atoms with van der Waals surface area (Å²) in [5.74, 6) is 0.0607. The number of nitro groups is 2. The van der Waals surface area contributed by atoms with Crippen molar-refractivity contribution in [3.05, 3.63) is 98.1 Å². The van der Waals surface area contributed by atoms with E-state index in [-0.39, 0.29) is 43.4 Å². The third kappa shape index (κ3) is 7.40. The van der Waals surface area contributed by atoms with Gasteiger partial charge in [-0.15, -0.1) is 0 Å². The molecule has 41 heavy (non-hydrogen) atoms. The Labute approximate surface area is 232 Å². The van der Waals surface area contributed by atoms with E-state index < -0.39 is 44.3 Å². The first kappa shape index (κ1) is 29.1. The monoisotopic (exact) mass is 589 g/mol. The van der Waals surface area contributed by atoms with Crippen LogP contribution in [0.3, 0.4) is 0 Å². The summed E-state index contributed by atoms with van der Waals surface area (Å²) in [7, 11) is -3.88. The lowest BCUT2D eigenvalue weighted by Crippen LogP contribution is -2.34. The van der Waals surface area contributed by atoms with Crippen LogP contribution in [0.2, 0.25) is 0 Å². The fourth-order valence-corrected chi connectivity index (χ4v) is 4.78. The number of likely N-dealkylation sites (tertiary alicyclic amines) is 1. The Morgan fingerprint density at radius 1 is 0.927 bits per heavy atom. The minimum absolute atomic E-state index is 0.0354. The van der Waals surface area contributed by atoms with E-state index in [4.69, 9.17) is 13.7 Å². The predicted octanol–water partition coefficient (Wildman–Crippen LogP) is 3.31. The molecule has 216 valence electrons. The maximum absolute atomic E-state index is 13.1. The molecule has 0 unspecified atom stereocenters. The number of hydrogen-bond acceptors (Lipinski definition) is 12. The maximum Gasteiger partial charge on any atom is 0.419 e. The van der Waals surface area contributed by atoms with Crippen LogP contribution in [0.5, 0.6) is 0 Å². The van der Waals surface area contributed by atoms with E-state index in [0.717, 1.165) is 10.8 Å². The zero-order valence-electron chi connectivity index (χ0n) is 21.4. The van der Waals surface area contributed by atoms with Crippen molar-refractivity contribution in [3.8, 4) is 0 Å². The van der Waals surface area contributed by atoms with Gasteiger partial charge in [-0.3, -0.25) is 29.3 Å². The largest absolute Gasteiger partial charge is 0.445 e. The minimum atomic E-state index is -3.88. The Balaban J connectivity index is 1.48. The molecule has 1 amide bonds. The van der Waals surface area contributed by atoms with E-state index >= 15 is 0 Å². The van der Waals surface area contributed by atoms with E-state index in [1.807, 2.05) is 0 Å². The quantitative estimate of drug-likeness (QED) is 0.200. The summed E-state index contributed by atoms with van der Waals surface area (Å²) in [6.07, 6.45) is 0.764. The van der Waals surface area contributed by atoms with E-state index in [2.05, 4.69) is 4.98 Å². The smallest absolute Gasteiger partial charge is 0.419 e. The zero-order valence-corrected chi connectivity index (χ0v) is 22.2. The summed E-state index contributed by atoms with van der Waals surface area (Å²) in [6, 6.07) is 9.85. The molecule has 1 fully saturated rings. The van der Waals surface area contributed by atoms with Gasteiger partial charge >= 0.3 is 12.2 Å². The van der Waals surface area contributed by atoms with Crippen molar-refractivity contribution in [2.45, 2.75) is 31.8 Å². The lowest BCUT2D eigenvalue weighted by atomic mass is 10.2. The highest BCUT2D eigenvalue weighted by atomic mass is 32.2. The van der Waals surface area contributed by atoms with Gasteiger partial charge in [0.05, 0.1) is 34.8 Å². The van der Waals surface area contributed by atoms with Crippen LogP contribution in [0.4, 0.5) is 21.0 Å². The first-order valence-electron chi connectivity index (χ1n) is 11.9. The van der Waals surface area contributed by atoms with Crippen molar-refractivity contribution in [2.24, 2.45) is 0 Å². The number of hydrogen-bond donors (Lipinski definition) is 0. The number of carbonyl (C=O) groups is 2. The standard InChI is InChI=1S/C24H23N5O11S/c1-41(36,37)40-20-12-21(27(13-20)24(31)39-15-17-4-8-19(9-5-17)29(34)35)22-25-10-11-26(22)23(30)38-14-16-2-6-18(7-3-16)28(32)33/h2-11,20-21H,12-15H2,1H3/t20-,21+/m1/s1. The van der Waals surface area contributed by atoms with Gasteiger partial charge in [-0.2, -0.15) is 8.42 Å². The first-order chi connectivity index (χ1) is 19.4. The molecule has 0 bridgehead atoms. The summed E-state index contributed by atoms with van der Waals surface area (Å²) >= 11 is 0. The van der Waals surface area contributed by atoms with Gasteiger partial charge in [0, 0.05) is 43.1 Å². The van der Waals surface area contributed by atoms with Crippen molar-refractivity contribution < 1.29 is 41.5 Å². The Morgan fingerprint density at radius 3 is 1.93 bits per heavy atom. The molecular weight excluding hydrogens is 566 g/mol. The van der Waals surface area contributed by atoms with E-state index in [0.29, 0.717) is 11.1 Å². The Hall–Kier alpha value is -4.90. The number of ether oxygens (including phenoxy) is 2. The minimum Gasteiger partial charge on any atom is -0.445 e. The highest BCUT2D eigenvalue weighted by molar-refractivity contribution is 7.86. The van der Waals surface area contributed by atoms with Crippen LogP contribution >= 0.6 is 0 Å². The van der Waals surface area contributed by atoms with Gasteiger partial charge in [-0.05, 0) is 35.4 Å². The molecule has 2 heterocycles. The van der Waals surface area contributed by atoms with Gasteiger partial charge in [0.15, 0.2) is 0 Å². The Morgan fingerprint density at radius 2 is 1.44 bits per heavy atom. The van der Waals surface area contributed by atoms with Gasteiger partial charge < -0.3 is 9.47 Å². The fourth-order valence-electron chi connectivity index (χ4n) is 4.15. The average molecular weight is 590 g/mol. The molecule has 0 aliphatic carbocycles. The molecule has 4 rings (SSSR count). The molecule has 3 aromatic rings. The predicted molar refractivity (Wildman–Crippen MR) is 138 cm³/mol. The second-order valence-electron chi connectivity index (χ2n) is 8.94. The van der Waals surface area contributed by atoms with E-state index in [9.17, 15) is 38.2 Å². The molecule has 16 nitrogen and oxygen atoms in total. The van der Waals surface area contributed by atoms with Gasteiger partial charge in [0.1, 0.15) is 19.0 Å². The Kier molecular flexibility index (Phi) is 8.58. The highest BCUT2D eigenvalue weighted by Crippen LogP contribution is 2.34. The SMILES string of the molecule is CS(=O)(=O)O[C@@H]1C[C@@H](c2nccn2C(=O)OCc2ccc([N+](=O)[O-])cc2)N(C(=O)OCc2ccc([N+](=O)[O-])cc2)C1. The van der Waals surface area contributed by atoms with Crippen molar-refractivity contribution in [1.82, 2.24) is 14.5 Å². The number of carbonyl (C=O) groups excluding carboxylic acids is 2. The maximum atomic E-state index is 13.1. The number of imidazole rings is 1. The van der Waals surface area contributed by atoms with Crippen molar-refractivity contribution in [3.63, 3.8) is 0 Å². The van der Waals surface area contributed by atoms with E-state index in [1.165, 1.54) is 65.8 Å². The molecular formula is C24H23N5O11S. The highest BCUT2D eigenvalue weighted by Gasteiger charge is 2.42. The van der Waals surface area contributed by atoms with Crippen LogP contribution in [0.15, 0.2) is 60.9 Å². The summed E-state index contributed by atoms with van der Waals surface area (Å²) in [5.41, 5.74) is 0.710. The van der Waals surface area contributed by atoms with E-state index in [1.54, 1.807) is 0 Å². The molecule has 0 radical (unpaired) electrons. The first-order valence-corrected chi connectivity index (χ1v) is 13.7. The summed E-state index contributed by atoms with van der Waals surface area (Å²) < 4.78 is 40.3. The Bertz CT molecular complexity index is 1560. The number of nitrogens with zero attached hydrogens (tertiary/aromatic N) is 5. The molecule has 17 heteroatoms. The third-order valence-corrected chi connectivity index (χ3v) is 6.61. The second-order valence-corrected chi connectivity index (χ2v) is 10.5. The van der Waals surface area contributed by atoms with Gasteiger partial charge in [-0.25, -0.2) is 19.1 Å². The van der Waals surface area contributed by atoms with Crippen LogP contribution in [0.25, 0.3) is 0 Å². The zero-order chi connectivity index (χ0) is 29.7. The molecule has 1 aromatic heterocycles. The number of rotatable bonds is 9. The van der Waals surface area contributed by atoms with Crippen molar-refractivity contribution >= 4 is 33.7 Å². The normalized spacial score (nSPS) is 16.8. The van der Waals surface area contributed by atoms with Crippen LogP contribution in [0.1, 0.15) is 29.4 Å². The molecule has 0 spiro atoms. The van der Waals surface area contributed by atoms with Crippen LogP contribution in [0, 0.1) is 20.2 Å². The third-order valence-electron chi connectivity index (χ3n) is 5.99. The molecule has 1 saturated heterocycles. The summed E-state index contributed by atoms with van der Waals surface area (Å²) in [6.45, 7) is -0.634. The molecule has 1 aliphatic heterocycles. The lowest BCUT2D eigenvalue weighted by Gasteiger charge is -2.23. The average Bonchev–Trinajstić information content (AvgIpc) is 3.57. The van der Waals surface area contributed by atoms with Gasteiger partial charge in [0.25, 0.3) is 21.5 Å². The molecule has 2 aromatic carbocycles. The number of nitro benzene ring substituents is 2. The number of aromatic nitrogens is 2. The van der Waals surface area contributed by atoms with Gasteiger partial charge in [0.2, 0.25) is 0 Å². The molecule has 0 N–H and O–H groups in total. The van der Waals surface area contributed by atoms with Crippen LogP contribution in [-0.2, 0) is 37.0 Å². The molecule has 0 saturated carbocycles. The summed E-state index contributed by atoms with van der Waals surface area (Å²) in [5, 5.41) is 21.7. The fraction of sp³-hybridized carbons (Fsp3) is 0.292. The summed E-state index contributed by atoms with van der Waals surface area (Å²) in [4.78, 5) is 51.9. The number of non-ortho nitro benzene ring substituents is 2.